The van der Waals surface area contributed by atoms with Gasteiger partial charge in [0.15, 0.2) is 0 Å². The lowest BCUT2D eigenvalue weighted by molar-refractivity contribution is 0.0499. The number of carbonyl (C=O) groups is 1. The maximum atomic E-state index is 12.4. The first-order valence-corrected chi connectivity index (χ1v) is 8.84. The van der Waals surface area contributed by atoms with Crippen molar-refractivity contribution in [2.45, 2.75) is 26.7 Å². The molecule has 0 saturated carbocycles. The van der Waals surface area contributed by atoms with Crippen molar-refractivity contribution in [1.29, 1.82) is 0 Å². The summed E-state index contributed by atoms with van der Waals surface area (Å²) in [6.45, 7) is 4.01. The van der Waals surface area contributed by atoms with E-state index in [-0.39, 0.29) is 5.15 Å². The van der Waals surface area contributed by atoms with Gasteiger partial charge in [-0.15, -0.1) is 0 Å². The summed E-state index contributed by atoms with van der Waals surface area (Å²) in [4.78, 5) is 16.9. The van der Waals surface area contributed by atoms with Gasteiger partial charge >= 0.3 is 5.97 Å². The van der Waals surface area contributed by atoms with E-state index in [9.17, 15) is 4.79 Å². The molecule has 0 amide bonds. The molecular formula is C20H20ClN3O2. The van der Waals surface area contributed by atoms with Crippen molar-refractivity contribution in [2.75, 3.05) is 6.61 Å². The van der Waals surface area contributed by atoms with Crippen LogP contribution in [-0.2, 0) is 11.2 Å². The molecule has 0 saturated heterocycles. The van der Waals surface area contributed by atoms with Crippen molar-refractivity contribution < 1.29 is 9.53 Å². The molecule has 5 nitrogen and oxygen atoms in total. The highest BCUT2D eigenvalue weighted by atomic mass is 35.5. The van der Waals surface area contributed by atoms with E-state index in [1.54, 1.807) is 11.6 Å². The summed E-state index contributed by atoms with van der Waals surface area (Å²) in [5.41, 5.74) is 3.63. The van der Waals surface area contributed by atoms with E-state index in [4.69, 9.17) is 16.3 Å². The minimum atomic E-state index is -0.452. The summed E-state index contributed by atoms with van der Waals surface area (Å²) in [5, 5.41) is 4.62. The van der Waals surface area contributed by atoms with Crippen LogP contribution in [0, 0.1) is 13.8 Å². The summed E-state index contributed by atoms with van der Waals surface area (Å²) in [7, 11) is 0. The normalized spacial score (nSPS) is 10.7. The van der Waals surface area contributed by atoms with E-state index in [2.05, 4.69) is 10.1 Å². The second-order valence-electron chi connectivity index (χ2n) is 6.01. The van der Waals surface area contributed by atoms with E-state index in [1.807, 2.05) is 55.5 Å². The molecule has 26 heavy (non-hydrogen) atoms. The second kappa shape index (κ2) is 8.15. The zero-order valence-corrected chi connectivity index (χ0v) is 15.5. The van der Waals surface area contributed by atoms with Crippen LogP contribution < -0.4 is 0 Å². The van der Waals surface area contributed by atoms with Gasteiger partial charge in [-0.25, -0.2) is 9.48 Å². The van der Waals surface area contributed by atoms with Gasteiger partial charge in [0, 0.05) is 11.4 Å². The van der Waals surface area contributed by atoms with Crippen LogP contribution in [0.2, 0.25) is 5.15 Å². The molecule has 2 aromatic heterocycles. The molecule has 0 spiro atoms. The number of hydrogen-bond acceptors (Lipinski definition) is 4. The van der Waals surface area contributed by atoms with Gasteiger partial charge < -0.3 is 4.74 Å². The van der Waals surface area contributed by atoms with Crippen LogP contribution in [-0.4, -0.2) is 27.3 Å². The summed E-state index contributed by atoms with van der Waals surface area (Å²) >= 11 is 6.37. The van der Waals surface area contributed by atoms with Crippen LogP contribution in [0.3, 0.4) is 0 Å². The predicted molar refractivity (Wildman–Crippen MR) is 101 cm³/mol. The topological polar surface area (TPSA) is 57.0 Å². The molecule has 134 valence electrons. The Morgan fingerprint density at radius 2 is 1.88 bits per heavy atom. The van der Waals surface area contributed by atoms with Crippen LogP contribution in [0.4, 0.5) is 0 Å². The van der Waals surface area contributed by atoms with Gasteiger partial charge in [0.25, 0.3) is 0 Å². The number of ether oxygens (including phenoxy) is 1. The first-order valence-electron chi connectivity index (χ1n) is 8.46. The largest absolute Gasteiger partial charge is 0.462 e. The van der Waals surface area contributed by atoms with E-state index in [0.29, 0.717) is 24.3 Å². The van der Waals surface area contributed by atoms with Gasteiger partial charge in [-0.05, 0) is 51.0 Å². The van der Waals surface area contributed by atoms with E-state index in [1.165, 1.54) is 0 Å². The average Bonchev–Trinajstić information content (AvgIpc) is 2.94. The van der Waals surface area contributed by atoms with Crippen molar-refractivity contribution >= 4 is 17.6 Å². The minimum Gasteiger partial charge on any atom is -0.462 e. The number of nitrogens with zero attached hydrogens (tertiary/aromatic N) is 3. The molecule has 0 aliphatic heterocycles. The fourth-order valence-electron chi connectivity index (χ4n) is 2.70. The molecule has 0 aliphatic carbocycles. The number of para-hydroxylation sites is 1. The molecule has 0 N–H and O–H groups in total. The van der Waals surface area contributed by atoms with Gasteiger partial charge in [0.05, 0.1) is 18.0 Å². The molecule has 3 aromatic rings. The number of hydrogen-bond donors (Lipinski definition) is 0. The van der Waals surface area contributed by atoms with Gasteiger partial charge in [-0.2, -0.15) is 5.10 Å². The summed E-state index contributed by atoms with van der Waals surface area (Å²) < 4.78 is 6.93. The standard InChI is InChI=1S/C20H20ClN3O2/c1-14-8-6-9-16(22-14)10-7-13-26-20(25)18-15(2)23-24(19(18)21)17-11-4-3-5-12-17/h3-6,8-9,11-12H,7,10,13H2,1-2H3. The molecule has 0 radical (unpaired) electrons. The molecule has 0 bridgehead atoms. The minimum absolute atomic E-state index is 0.263. The van der Waals surface area contributed by atoms with Crippen molar-refractivity contribution in [3.05, 3.63) is 76.3 Å². The Bertz CT molecular complexity index is 907. The lowest BCUT2D eigenvalue weighted by Gasteiger charge is -2.06. The van der Waals surface area contributed by atoms with Crippen LogP contribution in [0.5, 0.6) is 0 Å². The molecule has 0 unspecified atom stereocenters. The number of rotatable bonds is 6. The average molecular weight is 370 g/mol. The maximum absolute atomic E-state index is 12.4. The van der Waals surface area contributed by atoms with Crippen LogP contribution >= 0.6 is 11.6 Å². The first-order chi connectivity index (χ1) is 12.6. The van der Waals surface area contributed by atoms with E-state index < -0.39 is 5.97 Å². The third kappa shape index (κ3) is 4.11. The number of aryl methyl sites for hydroxylation is 3. The summed E-state index contributed by atoms with van der Waals surface area (Å²) in [5.74, 6) is -0.452. The number of aromatic nitrogens is 3. The number of carbonyl (C=O) groups excluding carboxylic acids is 1. The van der Waals surface area contributed by atoms with Gasteiger partial charge in [-0.3, -0.25) is 4.98 Å². The van der Waals surface area contributed by atoms with Crippen LogP contribution in [0.15, 0.2) is 48.5 Å². The third-order valence-electron chi connectivity index (χ3n) is 3.97. The summed E-state index contributed by atoms with van der Waals surface area (Å²) in [6, 6.07) is 15.3. The monoisotopic (exact) mass is 369 g/mol. The number of pyridine rings is 1. The first kappa shape index (κ1) is 18.1. The third-order valence-corrected chi connectivity index (χ3v) is 4.31. The summed E-state index contributed by atoms with van der Waals surface area (Å²) in [6.07, 6.45) is 1.45. The highest BCUT2D eigenvalue weighted by Crippen LogP contribution is 2.24. The molecule has 0 atom stereocenters. The molecule has 6 heteroatoms. The van der Waals surface area contributed by atoms with Crippen molar-refractivity contribution in [3.63, 3.8) is 0 Å². The zero-order valence-electron chi connectivity index (χ0n) is 14.8. The van der Waals surface area contributed by atoms with Crippen LogP contribution in [0.1, 0.15) is 33.9 Å². The maximum Gasteiger partial charge on any atom is 0.343 e. The second-order valence-corrected chi connectivity index (χ2v) is 6.37. The quantitative estimate of drug-likeness (QED) is 0.479. The Morgan fingerprint density at radius 3 is 2.62 bits per heavy atom. The van der Waals surface area contributed by atoms with Gasteiger partial charge in [0.1, 0.15) is 10.7 Å². The molecule has 3 rings (SSSR count). The number of benzene rings is 1. The van der Waals surface area contributed by atoms with Crippen molar-refractivity contribution in [1.82, 2.24) is 14.8 Å². The van der Waals surface area contributed by atoms with Gasteiger partial charge in [-0.1, -0.05) is 35.9 Å². The predicted octanol–water partition coefficient (Wildman–Crippen LogP) is 4.33. The van der Waals surface area contributed by atoms with Gasteiger partial charge in [0.2, 0.25) is 0 Å². The SMILES string of the molecule is Cc1cccc(CCCOC(=O)c2c(C)nn(-c3ccccc3)c2Cl)n1. The Kier molecular flexibility index (Phi) is 5.68. The molecular weight excluding hydrogens is 350 g/mol. The Hall–Kier alpha value is -2.66. The Morgan fingerprint density at radius 1 is 1.12 bits per heavy atom. The van der Waals surface area contributed by atoms with Crippen LogP contribution in [0.25, 0.3) is 5.69 Å². The van der Waals surface area contributed by atoms with E-state index in [0.717, 1.165) is 23.5 Å². The number of halogens is 1. The van der Waals surface area contributed by atoms with Crippen molar-refractivity contribution in [2.24, 2.45) is 0 Å². The lowest BCUT2D eigenvalue weighted by Crippen LogP contribution is -2.09. The highest BCUT2D eigenvalue weighted by molar-refractivity contribution is 6.33. The smallest absolute Gasteiger partial charge is 0.343 e. The van der Waals surface area contributed by atoms with Crippen molar-refractivity contribution in [3.8, 4) is 5.69 Å². The molecule has 2 heterocycles. The van der Waals surface area contributed by atoms with E-state index >= 15 is 0 Å². The molecule has 0 aliphatic rings. The Balaban J connectivity index is 1.62. The fraction of sp³-hybridized carbons (Fsp3) is 0.250. The zero-order chi connectivity index (χ0) is 18.5. The lowest BCUT2D eigenvalue weighted by atomic mass is 10.2. The molecule has 1 aromatic carbocycles. The Labute approximate surface area is 157 Å². The highest BCUT2D eigenvalue weighted by Gasteiger charge is 2.22. The molecule has 0 fully saturated rings. The fourth-order valence-corrected chi connectivity index (χ4v) is 3.05. The number of esters is 1.